The highest BCUT2D eigenvalue weighted by atomic mass is 16.5. The minimum absolute atomic E-state index is 0.0561. The van der Waals surface area contributed by atoms with Gasteiger partial charge in [-0.25, -0.2) is 0 Å². The molecule has 0 radical (unpaired) electrons. The maximum atomic E-state index is 10.7. The topological polar surface area (TPSA) is 81.0 Å². The number of ether oxygens (including phenoxy) is 1. The summed E-state index contributed by atoms with van der Waals surface area (Å²) >= 11 is 0. The summed E-state index contributed by atoms with van der Waals surface area (Å²) in [5.41, 5.74) is 6.95. The van der Waals surface area contributed by atoms with Crippen LogP contribution in [0.3, 0.4) is 0 Å². The molecule has 5 heteroatoms. The molecule has 0 aliphatic carbocycles. The van der Waals surface area contributed by atoms with Crippen LogP contribution < -0.4 is 5.73 Å². The highest BCUT2D eigenvalue weighted by Crippen LogP contribution is 2.09. The fraction of sp³-hybridized carbons (Fsp3) is 0.333. The van der Waals surface area contributed by atoms with Crippen molar-refractivity contribution in [3.05, 3.63) is 11.3 Å². The minimum Gasteiger partial charge on any atom is -0.468 e. The quantitative estimate of drug-likeness (QED) is 0.493. The molecule has 1 aromatic rings. The average molecular weight is 193 g/mol. The molecule has 1 heterocycles. The molecular weight excluding hydrogens is 182 g/mol. The number of hydrogen-bond donors (Lipinski definition) is 2. The SMILES string of the molecule is COC(=O)CC#Cc1c(N)n[nH]c1C. The lowest BCUT2D eigenvalue weighted by molar-refractivity contribution is -0.139. The predicted molar refractivity (Wildman–Crippen MR) is 51.2 cm³/mol. The summed E-state index contributed by atoms with van der Waals surface area (Å²) in [4.78, 5) is 10.7. The third kappa shape index (κ3) is 2.26. The summed E-state index contributed by atoms with van der Waals surface area (Å²) in [7, 11) is 1.32. The molecule has 0 fully saturated rings. The Kier molecular flexibility index (Phi) is 3.13. The van der Waals surface area contributed by atoms with Gasteiger partial charge in [-0.15, -0.1) is 0 Å². The lowest BCUT2D eigenvalue weighted by Gasteiger charge is -1.90. The number of hydrogen-bond acceptors (Lipinski definition) is 4. The van der Waals surface area contributed by atoms with Crippen LogP contribution in [0.2, 0.25) is 0 Å². The first-order valence-corrected chi connectivity index (χ1v) is 4.01. The van der Waals surface area contributed by atoms with E-state index in [0.717, 1.165) is 5.69 Å². The molecule has 1 aromatic heterocycles. The van der Waals surface area contributed by atoms with Crippen LogP contribution in [0.15, 0.2) is 0 Å². The number of nitrogen functional groups attached to an aromatic ring is 1. The molecule has 14 heavy (non-hydrogen) atoms. The van der Waals surface area contributed by atoms with Crippen LogP contribution in [0.1, 0.15) is 17.7 Å². The Labute approximate surface area is 81.6 Å². The van der Waals surface area contributed by atoms with E-state index in [4.69, 9.17) is 5.73 Å². The number of aryl methyl sites for hydroxylation is 1. The van der Waals surface area contributed by atoms with Crippen molar-refractivity contribution >= 4 is 11.8 Å². The molecule has 0 aliphatic rings. The van der Waals surface area contributed by atoms with Crippen molar-refractivity contribution < 1.29 is 9.53 Å². The fourth-order valence-electron chi connectivity index (χ4n) is 0.883. The van der Waals surface area contributed by atoms with Crippen LogP contribution in [-0.2, 0) is 9.53 Å². The number of anilines is 1. The first-order chi connectivity index (χ1) is 6.65. The van der Waals surface area contributed by atoms with Crippen LogP contribution >= 0.6 is 0 Å². The second-order valence-electron chi connectivity index (χ2n) is 2.66. The normalized spacial score (nSPS) is 9.00. The lowest BCUT2D eigenvalue weighted by atomic mass is 10.2. The van der Waals surface area contributed by atoms with Gasteiger partial charge in [0.05, 0.1) is 12.7 Å². The molecular formula is C9H11N3O2. The van der Waals surface area contributed by atoms with Crippen LogP contribution in [-0.4, -0.2) is 23.3 Å². The van der Waals surface area contributed by atoms with Crippen molar-refractivity contribution in [3.63, 3.8) is 0 Å². The van der Waals surface area contributed by atoms with Crippen molar-refractivity contribution in [2.45, 2.75) is 13.3 Å². The van der Waals surface area contributed by atoms with Gasteiger partial charge in [-0.05, 0) is 6.92 Å². The minimum atomic E-state index is -0.364. The average Bonchev–Trinajstić information content (AvgIpc) is 2.48. The number of nitrogens with zero attached hydrogens (tertiary/aromatic N) is 1. The second kappa shape index (κ2) is 4.33. The first kappa shape index (κ1) is 10.1. The van der Waals surface area contributed by atoms with Gasteiger partial charge < -0.3 is 10.5 Å². The Morgan fingerprint density at radius 3 is 2.93 bits per heavy atom. The number of rotatable bonds is 1. The molecule has 0 aliphatic heterocycles. The smallest absolute Gasteiger partial charge is 0.317 e. The molecule has 0 aromatic carbocycles. The highest BCUT2D eigenvalue weighted by Gasteiger charge is 2.02. The van der Waals surface area contributed by atoms with Crippen molar-refractivity contribution in [1.29, 1.82) is 0 Å². The van der Waals surface area contributed by atoms with Crippen LogP contribution in [0.5, 0.6) is 0 Å². The van der Waals surface area contributed by atoms with Crippen molar-refractivity contribution in [1.82, 2.24) is 10.2 Å². The Bertz CT molecular complexity index is 378. The Morgan fingerprint density at radius 1 is 1.71 bits per heavy atom. The maximum absolute atomic E-state index is 10.7. The highest BCUT2D eigenvalue weighted by molar-refractivity contribution is 5.72. The van der Waals surface area contributed by atoms with Gasteiger partial charge in [0.2, 0.25) is 0 Å². The van der Waals surface area contributed by atoms with Crippen molar-refractivity contribution in [3.8, 4) is 11.8 Å². The van der Waals surface area contributed by atoms with E-state index in [0.29, 0.717) is 11.4 Å². The zero-order valence-electron chi connectivity index (χ0n) is 8.05. The van der Waals surface area contributed by atoms with Gasteiger partial charge in [0.1, 0.15) is 6.42 Å². The summed E-state index contributed by atoms with van der Waals surface area (Å²) in [5.74, 6) is 5.40. The molecule has 0 unspecified atom stereocenters. The second-order valence-corrected chi connectivity index (χ2v) is 2.66. The summed E-state index contributed by atoms with van der Waals surface area (Å²) in [6, 6.07) is 0. The third-order valence-corrected chi connectivity index (χ3v) is 1.65. The van der Waals surface area contributed by atoms with E-state index in [1.165, 1.54) is 7.11 Å². The molecule has 0 spiro atoms. The lowest BCUT2D eigenvalue weighted by Crippen LogP contribution is -1.97. The number of carbonyl (C=O) groups is 1. The van der Waals surface area contributed by atoms with E-state index in [1.807, 2.05) is 6.92 Å². The third-order valence-electron chi connectivity index (χ3n) is 1.65. The summed E-state index contributed by atoms with van der Waals surface area (Å²) in [6.07, 6.45) is 0.0561. The monoisotopic (exact) mass is 193 g/mol. The first-order valence-electron chi connectivity index (χ1n) is 4.01. The van der Waals surface area contributed by atoms with Gasteiger partial charge in [-0.3, -0.25) is 9.89 Å². The molecule has 0 saturated carbocycles. The van der Waals surface area contributed by atoms with E-state index in [2.05, 4.69) is 26.8 Å². The Balaban J connectivity index is 2.73. The van der Waals surface area contributed by atoms with Crippen LogP contribution in [0.4, 0.5) is 5.82 Å². The molecule has 1 rings (SSSR count). The molecule has 74 valence electrons. The number of aromatic nitrogens is 2. The zero-order chi connectivity index (χ0) is 10.6. The van der Waals surface area contributed by atoms with Crippen molar-refractivity contribution in [2.75, 3.05) is 12.8 Å². The van der Waals surface area contributed by atoms with Crippen molar-refractivity contribution in [2.24, 2.45) is 0 Å². The van der Waals surface area contributed by atoms with Gasteiger partial charge >= 0.3 is 5.97 Å². The Hall–Kier alpha value is -1.96. The standard InChI is InChI=1S/C9H11N3O2/c1-6-7(9(10)12-11-6)4-3-5-8(13)14-2/h5H2,1-2H3,(H3,10,11,12). The Morgan fingerprint density at radius 2 is 2.43 bits per heavy atom. The van der Waals surface area contributed by atoms with Crippen LogP contribution in [0.25, 0.3) is 0 Å². The number of nitrogens with one attached hydrogen (secondary N) is 1. The maximum Gasteiger partial charge on any atom is 0.317 e. The zero-order valence-corrected chi connectivity index (χ0v) is 8.05. The number of aromatic amines is 1. The van der Waals surface area contributed by atoms with E-state index in [9.17, 15) is 4.79 Å². The number of carbonyl (C=O) groups excluding carboxylic acids is 1. The number of esters is 1. The molecule has 0 bridgehead atoms. The van der Waals surface area contributed by atoms with Crippen LogP contribution in [0, 0.1) is 18.8 Å². The van der Waals surface area contributed by atoms with Gasteiger partial charge in [0, 0.05) is 5.69 Å². The summed E-state index contributed by atoms with van der Waals surface area (Å²) in [6.45, 7) is 1.81. The largest absolute Gasteiger partial charge is 0.468 e. The van der Waals surface area contributed by atoms with Gasteiger partial charge in [-0.2, -0.15) is 5.10 Å². The molecule has 5 nitrogen and oxygen atoms in total. The molecule has 0 atom stereocenters. The van der Waals surface area contributed by atoms with Gasteiger partial charge in [0.25, 0.3) is 0 Å². The van der Waals surface area contributed by atoms with Gasteiger partial charge in [0.15, 0.2) is 5.82 Å². The van der Waals surface area contributed by atoms with Gasteiger partial charge in [-0.1, -0.05) is 11.8 Å². The predicted octanol–water partition coefficient (Wildman–Crippen LogP) is 0.215. The fourth-order valence-corrected chi connectivity index (χ4v) is 0.883. The van der Waals surface area contributed by atoms with E-state index >= 15 is 0 Å². The number of methoxy groups -OCH3 is 1. The van der Waals surface area contributed by atoms with E-state index < -0.39 is 0 Å². The molecule has 3 N–H and O–H groups in total. The summed E-state index contributed by atoms with van der Waals surface area (Å²) < 4.78 is 4.43. The number of nitrogens with two attached hydrogens (primary N) is 1. The summed E-state index contributed by atoms with van der Waals surface area (Å²) in [5, 5.41) is 6.46. The molecule has 0 amide bonds. The van der Waals surface area contributed by atoms with E-state index in [1.54, 1.807) is 0 Å². The molecule has 0 saturated heterocycles. The van der Waals surface area contributed by atoms with E-state index in [-0.39, 0.29) is 12.4 Å². The number of H-pyrrole nitrogens is 1.